The van der Waals surface area contributed by atoms with Gasteiger partial charge in [-0.15, -0.1) is 0 Å². The van der Waals surface area contributed by atoms with Crippen molar-refractivity contribution >= 4 is 8.32 Å². The molecule has 1 nitrogen and oxygen atoms in total. The van der Waals surface area contributed by atoms with Crippen LogP contribution in [-0.4, -0.2) is 14.4 Å². The average Bonchev–Trinajstić information content (AvgIpc) is 2.46. The molecule has 0 bridgehead atoms. The minimum Gasteiger partial charge on any atom is -0.414 e. The van der Waals surface area contributed by atoms with Crippen LogP contribution in [-0.2, 0) is 4.43 Å². The lowest BCUT2D eigenvalue weighted by Crippen LogP contribution is -2.38. The highest BCUT2D eigenvalue weighted by atomic mass is 28.4. The molecule has 0 saturated heterocycles. The first-order valence-electron chi connectivity index (χ1n) is 10.1. The van der Waals surface area contributed by atoms with Crippen molar-refractivity contribution in [2.24, 2.45) is 0 Å². The summed E-state index contributed by atoms with van der Waals surface area (Å²) in [5.74, 6) is 0. The van der Waals surface area contributed by atoms with Gasteiger partial charge in [-0.05, 0) is 31.5 Å². The summed E-state index contributed by atoms with van der Waals surface area (Å²) in [5, 5.41) is 0. The largest absolute Gasteiger partial charge is 0.414 e. The molecule has 0 heterocycles. The highest BCUT2D eigenvalue weighted by Gasteiger charge is 2.29. The van der Waals surface area contributed by atoms with Crippen LogP contribution in [0.25, 0.3) is 0 Å². The summed E-state index contributed by atoms with van der Waals surface area (Å²) in [4.78, 5) is 0. The predicted molar refractivity (Wildman–Crippen MR) is 104 cm³/mol. The van der Waals surface area contributed by atoms with E-state index in [1.54, 1.807) is 0 Å². The number of unbranched alkanes of at least 4 members (excludes halogenated alkanes) is 8. The first-order valence-corrected chi connectivity index (χ1v) is 13.1. The first-order chi connectivity index (χ1) is 10.4. The number of hydrogen-bond acceptors (Lipinski definition) is 1. The second kappa shape index (κ2) is 13.6. The standard InChI is InChI=1S/C20H44OSi/c1-7-9-11-13-15-17-20(18-16-14-12-10-8-2)21-22(5,6)19(3)4/h19-20H,7-18H2,1-6H3. The summed E-state index contributed by atoms with van der Waals surface area (Å²) in [5.41, 5.74) is 0.718. The molecule has 0 aliphatic heterocycles. The van der Waals surface area contributed by atoms with Crippen LogP contribution in [0.1, 0.15) is 105 Å². The molecule has 0 N–H and O–H groups in total. The molecule has 22 heavy (non-hydrogen) atoms. The molecule has 0 spiro atoms. The Balaban J connectivity index is 4.13. The SMILES string of the molecule is CCCCCCCC(CCCCCCC)O[Si](C)(C)C(C)C. The van der Waals surface area contributed by atoms with Crippen molar-refractivity contribution in [2.45, 2.75) is 129 Å². The van der Waals surface area contributed by atoms with Gasteiger partial charge in [0.2, 0.25) is 0 Å². The third-order valence-corrected chi connectivity index (χ3v) is 8.84. The highest BCUT2D eigenvalue weighted by Crippen LogP contribution is 2.27. The van der Waals surface area contributed by atoms with Crippen molar-refractivity contribution in [3.05, 3.63) is 0 Å². The first kappa shape index (κ1) is 22.2. The van der Waals surface area contributed by atoms with Crippen LogP contribution < -0.4 is 0 Å². The molecule has 0 aliphatic rings. The van der Waals surface area contributed by atoms with Gasteiger partial charge in [-0.3, -0.25) is 0 Å². The van der Waals surface area contributed by atoms with Gasteiger partial charge in [0, 0.05) is 6.10 Å². The zero-order valence-corrected chi connectivity index (χ0v) is 17.5. The Morgan fingerprint density at radius 3 is 1.45 bits per heavy atom. The fraction of sp³-hybridized carbons (Fsp3) is 1.00. The van der Waals surface area contributed by atoms with E-state index in [9.17, 15) is 0 Å². The van der Waals surface area contributed by atoms with Crippen molar-refractivity contribution in [1.29, 1.82) is 0 Å². The molecule has 0 aliphatic carbocycles. The Morgan fingerprint density at radius 1 is 0.682 bits per heavy atom. The van der Waals surface area contributed by atoms with Crippen LogP contribution in [0.4, 0.5) is 0 Å². The van der Waals surface area contributed by atoms with Gasteiger partial charge in [0.05, 0.1) is 0 Å². The zero-order valence-electron chi connectivity index (χ0n) is 16.5. The van der Waals surface area contributed by atoms with Crippen molar-refractivity contribution in [2.75, 3.05) is 0 Å². The molecule has 0 saturated carbocycles. The van der Waals surface area contributed by atoms with Crippen molar-refractivity contribution in [3.63, 3.8) is 0 Å². The van der Waals surface area contributed by atoms with E-state index in [2.05, 4.69) is 40.8 Å². The van der Waals surface area contributed by atoms with E-state index >= 15 is 0 Å². The smallest absolute Gasteiger partial charge is 0.189 e. The highest BCUT2D eigenvalue weighted by molar-refractivity contribution is 6.72. The monoisotopic (exact) mass is 328 g/mol. The Bertz CT molecular complexity index is 224. The molecular weight excluding hydrogens is 284 g/mol. The molecule has 0 aromatic rings. The Kier molecular flexibility index (Phi) is 13.7. The summed E-state index contributed by atoms with van der Waals surface area (Å²) in [6, 6.07) is 0. The minimum atomic E-state index is -1.49. The topological polar surface area (TPSA) is 9.23 Å². The third-order valence-electron chi connectivity index (χ3n) is 5.12. The zero-order chi connectivity index (χ0) is 16.8. The van der Waals surface area contributed by atoms with E-state index in [1.807, 2.05) is 0 Å². The van der Waals surface area contributed by atoms with Gasteiger partial charge in [0.15, 0.2) is 8.32 Å². The summed E-state index contributed by atoms with van der Waals surface area (Å²) >= 11 is 0. The van der Waals surface area contributed by atoms with Crippen LogP contribution >= 0.6 is 0 Å². The molecule has 0 unspecified atom stereocenters. The van der Waals surface area contributed by atoms with Crippen molar-refractivity contribution in [3.8, 4) is 0 Å². The van der Waals surface area contributed by atoms with Gasteiger partial charge in [0.1, 0.15) is 0 Å². The van der Waals surface area contributed by atoms with Gasteiger partial charge in [-0.2, -0.15) is 0 Å². The summed E-state index contributed by atoms with van der Waals surface area (Å²) < 4.78 is 6.65. The van der Waals surface area contributed by atoms with E-state index in [4.69, 9.17) is 4.43 Å². The summed E-state index contributed by atoms with van der Waals surface area (Å²) in [6.07, 6.45) is 16.9. The normalized spacial score (nSPS) is 12.5. The summed E-state index contributed by atoms with van der Waals surface area (Å²) in [6.45, 7) is 14.1. The molecule has 0 fully saturated rings. The maximum absolute atomic E-state index is 6.65. The van der Waals surface area contributed by atoms with Gasteiger partial charge in [-0.1, -0.05) is 91.9 Å². The van der Waals surface area contributed by atoms with Crippen LogP contribution in [0.5, 0.6) is 0 Å². The maximum Gasteiger partial charge on any atom is 0.189 e. The second-order valence-electron chi connectivity index (χ2n) is 7.90. The van der Waals surface area contributed by atoms with E-state index in [0.29, 0.717) is 6.10 Å². The molecule has 0 aromatic carbocycles. The lowest BCUT2D eigenvalue weighted by Gasteiger charge is -2.32. The predicted octanol–water partition coefficient (Wildman–Crippen LogP) is 7.71. The van der Waals surface area contributed by atoms with E-state index in [1.165, 1.54) is 77.0 Å². The molecule has 0 amide bonds. The maximum atomic E-state index is 6.65. The molecule has 0 aromatic heterocycles. The fourth-order valence-electron chi connectivity index (χ4n) is 2.78. The van der Waals surface area contributed by atoms with Crippen molar-refractivity contribution < 1.29 is 4.43 Å². The van der Waals surface area contributed by atoms with Gasteiger partial charge >= 0.3 is 0 Å². The van der Waals surface area contributed by atoms with Crippen molar-refractivity contribution in [1.82, 2.24) is 0 Å². The Labute approximate surface area is 142 Å². The molecule has 0 rings (SSSR count). The Morgan fingerprint density at radius 2 is 1.09 bits per heavy atom. The van der Waals surface area contributed by atoms with Crippen LogP contribution in [0.15, 0.2) is 0 Å². The second-order valence-corrected chi connectivity index (χ2v) is 12.5. The molecule has 2 heteroatoms. The lowest BCUT2D eigenvalue weighted by molar-refractivity contribution is 0.160. The average molecular weight is 329 g/mol. The number of rotatable bonds is 15. The number of hydrogen-bond donors (Lipinski definition) is 0. The molecular formula is C20H44OSi. The molecule has 0 atom stereocenters. The van der Waals surface area contributed by atoms with Crippen LogP contribution in [0, 0.1) is 0 Å². The minimum absolute atomic E-state index is 0.535. The van der Waals surface area contributed by atoms with Gasteiger partial charge in [-0.25, -0.2) is 0 Å². The van der Waals surface area contributed by atoms with Crippen LogP contribution in [0.2, 0.25) is 18.6 Å². The lowest BCUT2D eigenvalue weighted by atomic mass is 10.0. The summed E-state index contributed by atoms with van der Waals surface area (Å²) in [7, 11) is -1.49. The quantitative estimate of drug-likeness (QED) is 0.221. The van der Waals surface area contributed by atoms with E-state index < -0.39 is 8.32 Å². The fourth-order valence-corrected chi connectivity index (χ4v) is 4.15. The molecule has 0 radical (unpaired) electrons. The van der Waals surface area contributed by atoms with Crippen LogP contribution in [0.3, 0.4) is 0 Å². The van der Waals surface area contributed by atoms with Gasteiger partial charge in [0.25, 0.3) is 0 Å². The Hall–Kier alpha value is 0.177. The van der Waals surface area contributed by atoms with Gasteiger partial charge < -0.3 is 4.43 Å². The van der Waals surface area contributed by atoms with E-state index in [0.717, 1.165) is 5.54 Å². The third kappa shape index (κ3) is 11.7. The van der Waals surface area contributed by atoms with E-state index in [-0.39, 0.29) is 0 Å². The molecule has 134 valence electrons.